The third-order valence-electron chi connectivity index (χ3n) is 3.01. The van der Waals surface area contributed by atoms with Crippen molar-refractivity contribution in [1.82, 2.24) is 4.90 Å². The Bertz CT molecular complexity index is 211. The summed E-state index contributed by atoms with van der Waals surface area (Å²) < 4.78 is 0. The van der Waals surface area contributed by atoms with E-state index in [2.05, 4.69) is 6.92 Å². The summed E-state index contributed by atoms with van der Waals surface area (Å²) in [7, 11) is 0. The Morgan fingerprint density at radius 2 is 2.33 bits per heavy atom. The predicted molar refractivity (Wildman–Crippen MR) is 60.9 cm³/mol. The van der Waals surface area contributed by atoms with Crippen LogP contribution in [0.15, 0.2) is 0 Å². The molecular weight excluding hydrogens is 214 g/mol. The van der Waals surface area contributed by atoms with Crippen LogP contribution >= 0.6 is 11.6 Å². The predicted octanol–water partition coefficient (Wildman–Crippen LogP) is 1.62. The molecule has 1 saturated heterocycles. The van der Waals surface area contributed by atoms with Crippen molar-refractivity contribution in [3.8, 4) is 0 Å². The molecule has 1 aliphatic heterocycles. The molecule has 1 amide bonds. The Morgan fingerprint density at radius 3 is 2.93 bits per heavy atom. The SMILES string of the molecule is CCC[C@H]1CN(C(=O)CCCl)CC[C@@H]1O. The molecule has 3 nitrogen and oxygen atoms in total. The van der Waals surface area contributed by atoms with Crippen molar-refractivity contribution < 1.29 is 9.90 Å². The first-order valence-corrected chi connectivity index (χ1v) is 6.24. The smallest absolute Gasteiger partial charge is 0.223 e. The fourth-order valence-electron chi connectivity index (χ4n) is 2.14. The number of aliphatic hydroxyl groups is 1. The Kier molecular flexibility index (Phi) is 5.40. The first-order chi connectivity index (χ1) is 7.19. The molecule has 15 heavy (non-hydrogen) atoms. The first-order valence-electron chi connectivity index (χ1n) is 5.70. The number of halogens is 1. The number of hydrogen-bond acceptors (Lipinski definition) is 2. The van der Waals surface area contributed by atoms with Crippen molar-refractivity contribution in [1.29, 1.82) is 0 Å². The second-order valence-electron chi connectivity index (χ2n) is 4.18. The molecule has 1 aliphatic rings. The van der Waals surface area contributed by atoms with E-state index >= 15 is 0 Å². The summed E-state index contributed by atoms with van der Waals surface area (Å²) in [6, 6.07) is 0. The second-order valence-corrected chi connectivity index (χ2v) is 4.56. The van der Waals surface area contributed by atoms with E-state index in [1.54, 1.807) is 0 Å². The van der Waals surface area contributed by atoms with Crippen molar-refractivity contribution in [2.75, 3.05) is 19.0 Å². The average Bonchev–Trinajstić information content (AvgIpc) is 2.22. The van der Waals surface area contributed by atoms with Gasteiger partial charge in [0.2, 0.25) is 5.91 Å². The number of rotatable bonds is 4. The van der Waals surface area contributed by atoms with Crippen LogP contribution in [0.5, 0.6) is 0 Å². The standard InChI is InChI=1S/C11H20ClNO2/c1-2-3-9-8-13(7-5-10(9)14)11(15)4-6-12/h9-10,14H,2-8H2,1H3/t9-,10-/m0/s1. The lowest BCUT2D eigenvalue weighted by Gasteiger charge is -2.36. The summed E-state index contributed by atoms with van der Waals surface area (Å²) in [5, 5.41) is 9.77. The quantitative estimate of drug-likeness (QED) is 0.750. The minimum Gasteiger partial charge on any atom is -0.393 e. The van der Waals surface area contributed by atoms with Gasteiger partial charge in [0, 0.05) is 31.3 Å². The Labute approximate surface area is 96.4 Å². The molecule has 0 radical (unpaired) electrons. The molecule has 1 rings (SSSR count). The summed E-state index contributed by atoms with van der Waals surface area (Å²) in [6.45, 7) is 3.48. The van der Waals surface area contributed by atoms with Crippen LogP contribution in [0.2, 0.25) is 0 Å². The summed E-state index contributed by atoms with van der Waals surface area (Å²) in [6.07, 6.45) is 2.94. The molecule has 1 heterocycles. The average molecular weight is 234 g/mol. The number of aliphatic hydroxyl groups excluding tert-OH is 1. The molecule has 1 fully saturated rings. The van der Waals surface area contributed by atoms with E-state index in [0.29, 0.717) is 31.8 Å². The molecule has 0 aromatic carbocycles. The van der Waals surface area contributed by atoms with Gasteiger partial charge in [-0.05, 0) is 12.8 Å². The van der Waals surface area contributed by atoms with E-state index < -0.39 is 0 Å². The molecule has 0 saturated carbocycles. The van der Waals surface area contributed by atoms with Crippen molar-refractivity contribution in [3.63, 3.8) is 0 Å². The number of alkyl halides is 1. The maximum Gasteiger partial charge on any atom is 0.223 e. The topological polar surface area (TPSA) is 40.5 Å². The maximum absolute atomic E-state index is 11.6. The number of carbonyl (C=O) groups is 1. The monoisotopic (exact) mass is 233 g/mol. The van der Waals surface area contributed by atoms with Gasteiger partial charge in [0.25, 0.3) is 0 Å². The van der Waals surface area contributed by atoms with Gasteiger partial charge in [-0.1, -0.05) is 13.3 Å². The highest BCUT2D eigenvalue weighted by Gasteiger charge is 2.28. The number of likely N-dealkylation sites (tertiary alicyclic amines) is 1. The van der Waals surface area contributed by atoms with Gasteiger partial charge >= 0.3 is 0 Å². The summed E-state index contributed by atoms with van der Waals surface area (Å²) in [4.78, 5) is 13.5. The van der Waals surface area contributed by atoms with Crippen LogP contribution in [-0.4, -0.2) is 41.0 Å². The van der Waals surface area contributed by atoms with Gasteiger partial charge in [-0.3, -0.25) is 4.79 Å². The highest BCUT2D eigenvalue weighted by atomic mass is 35.5. The van der Waals surface area contributed by atoms with E-state index in [1.807, 2.05) is 4.90 Å². The Balaban J connectivity index is 2.45. The minimum atomic E-state index is -0.231. The van der Waals surface area contributed by atoms with Crippen molar-refractivity contribution in [2.24, 2.45) is 5.92 Å². The van der Waals surface area contributed by atoms with E-state index in [9.17, 15) is 9.90 Å². The van der Waals surface area contributed by atoms with Crippen LogP contribution in [0.3, 0.4) is 0 Å². The van der Waals surface area contributed by atoms with Crippen LogP contribution in [0.25, 0.3) is 0 Å². The molecule has 4 heteroatoms. The molecule has 0 aromatic rings. The lowest BCUT2D eigenvalue weighted by Crippen LogP contribution is -2.46. The van der Waals surface area contributed by atoms with Crippen LogP contribution in [0.1, 0.15) is 32.6 Å². The van der Waals surface area contributed by atoms with Gasteiger partial charge in [0.15, 0.2) is 0 Å². The van der Waals surface area contributed by atoms with Crippen molar-refractivity contribution in [3.05, 3.63) is 0 Å². The minimum absolute atomic E-state index is 0.123. The van der Waals surface area contributed by atoms with Gasteiger partial charge in [-0.25, -0.2) is 0 Å². The number of carbonyl (C=O) groups excluding carboxylic acids is 1. The molecule has 1 N–H and O–H groups in total. The van der Waals surface area contributed by atoms with Gasteiger partial charge < -0.3 is 10.0 Å². The number of hydrogen-bond donors (Lipinski definition) is 1. The van der Waals surface area contributed by atoms with Crippen LogP contribution < -0.4 is 0 Å². The van der Waals surface area contributed by atoms with E-state index in [1.165, 1.54) is 0 Å². The zero-order chi connectivity index (χ0) is 11.3. The van der Waals surface area contributed by atoms with Crippen LogP contribution in [0.4, 0.5) is 0 Å². The molecular formula is C11H20ClNO2. The Morgan fingerprint density at radius 1 is 1.60 bits per heavy atom. The summed E-state index contributed by atoms with van der Waals surface area (Å²) in [5.41, 5.74) is 0. The zero-order valence-electron chi connectivity index (χ0n) is 9.29. The fraction of sp³-hybridized carbons (Fsp3) is 0.909. The zero-order valence-corrected chi connectivity index (χ0v) is 10.0. The molecule has 0 spiro atoms. The number of amides is 1. The summed E-state index contributed by atoms with van der Waals surface area (Å²) >= 11 is 5.54. The largest absolute Gasteiger partial charge is 0.393 e. The van der Waals surface area contributed by atoms with Crippen LogP contribution in [0, 0.1) is 5.92 Å². The third-order valence-corrected chi connectivity index (χ3v) is 3.20. The fourth-order valence-corrected chi connectivity index (χ4v) is 2.30. The second kappa shape index (κ2) is 6.33. The molecule has 88 valence electrons. The third kappa shape index (κ3) is 3.65. The maximum atomic E-state index is 11.6. The lowest BCUT2D eigenvalue weighted by atomic mass is 9.90. The number of piperidine rings is 1. The first kappa shape index (κ1) is 12.8. The molecule has 0 aromatic heterocycles. The van der Waals surface area contributed by atoms with Crippen molar-refractivity contribution >= 4 is 17.5 Å². The van der Waals surface area contributed by atoms with Crippen LogP contribution in [-0.2, 0) is 4.79 Å². The molecule has 0 aliphatic carbocycles. The van der Waals surface area contributed by atoms with E-state index in [-0.39, 0.29) is 17.9 Å². The highest BCUT2D eigenvalue weighted by Crippen LogP contribution is 2.22. The normalized spacial score (nSPS) is 26.7. The number of nitrogens with zero attached hydrogens (tertiary/aromatic N) is 1. The summed E-state index contributed by atoms with van der Waals surface area (Å²) in [5.74, 6) is 0.761. The van der Waals surface area contributed by atoms with Gasteiger partial charge in [0.05, 0.1) is 6.10 Å². The lowest BCUT2D eigenvalue weighted by molar-refractivity contribution is -0.134. The molecule has 0 bridgehead atoms. The molecule has 0 unspecified atom stereocenters. The van der Waals surface area contributed by atoms with E-state index in [0.717, 1.165) is 12.8 Å². The van der Waals surface area contributed by atoms with Gasteiger partial charge in [-0.2, -0.15) is 0 Å². The highest BCUT2D eigenvalue weighted by molar-refractivity contribution is 6.18. The van der Waals surface area contributed by atoms with Crippen molar-refractivity contribution in [2.45, 2.75) is 38.7 Å². The Hall–Kier alpha value is -0.280. The van der Waals surface area contributed by atoms with Gasteiger partial charge in [0.1, 0.15) is 0 Å². The van der Waals surface area contributed by atoms with Gasteiger partial charge in [-0.15, -0.1) is 11.6 Å². The molecule has 2 atom stereocenters. The van der Waals surface area contributed by atoms with E-state index in [4.69, 9.17) is 11.6 Å².